The summed E-state index contributed by atoms with van der Waals surface area (Å²) in [5.41, 5.74) is 0.572. The topological polar surface area (TPSA) is 85.2 Å². The zero-order chi connectivity index (χ0) is 12.3. The fourth-order valence-electron chi connectivity index (χ4n) is 1.05. The maximum absolute atomic E-state index is 10.7. The molecule has 0 radical (unpaired) electrons. The monoisotopic (exact) mass is 271 g/mol. The van der Waals surface area contributed by atoms with E-state index in [0.29, 0.717) is 15.8 Å². The lowest BCUT2D eigenvalue weighted by molar-refractivity contribution is 0.0696. The van der Waals surface area contributed by atoms with Crippen molar-refractivity contribution in [1.29, 1.82) is 0 Å². The van der Waals surface area contributed by atoms with Crippen LogP contribution in [0.5, 0.6) is 5.75 Å². The third-order valence-electron chi connectivity index (χ3n) is 1.85. The molecule has 0 atom stereocenters. The Hall–Kier alpha value is -1.73. The van der Waals surface area contributed by atoms with Crippen LogP contribution >= 0.6 is 23.1 Å². The molecule has 0 saturated heterocycles. The first kappa shape index (κ1) is 11.7. The van der Waals surface area contributed by atoms with E-state index in [2.05, 4.69) is 14.6 Å². The molecule has 6 nitrogen and oxygen atoms in total. The summed E-state index contributed by atoms with van der Waals surface area (Å²) in [5.74, 6) is -0.717. The van der Waals surface area contributed by atoms with Crippen LogP contribution in [0.1, 0.15) is 16.1 Å². The zero-order valence-corrected chi connectivity index (χ0v) is 9.90. The van der Waals surface area contributed by atoms with E-state index < -0.39 is 5.97 Å². The number of ether oxygens (including phenoxy) is 1. The van der Waals surface area contributed by atoms with Gasteiger partial charge in [0.05, 0.1) is 11.8 Å². The van der Waals surface area contributed by atoms with Gasteiger partial charge in [0.2, 0.25) is 0 Å². The van der Waals surface area contributed by atoms with Gasteiger partial charge in [-0.2, -0.15) is 0 Å². The maximum atomic E-state index is 10.7. The molecule has 2 heterocycles. The molecule has 0 amide bonds. The van der Waals surface area contributed by atoms with Crippen molar-refractivity contribution in [3.63, 3.8) is 0 Å². The highest BCUT2D eigenvalue weighted by atomic mass is 35.5. The van der Waals surface area contributed by atoms with Gasteiger partial charge in [-0.25, -0.2) is 4.79 Å². The number of aromatic carboxylic acids is 1. The Labute approximate surface area is 105 Å². The van der Waals surface area contributed by atoms with Crippen LogP contribution in [0.3, 0.4) is 0 Å². The minimum Gasteiger partial charge on any atom is -0.485 e. The molecule has 0 aromatic carbocycles. The molecule has 17 heavy (non-hydrogen) atoms. The number of carbonyl (C=O) groups is 1. The number of carboxylic acids is 1. The highest BCUT2D eigenvalue weighted by Gasteiger charge is 2.08. The second kappa shape index (κ2) is 5.07. The highest BCUT2D eigenvalue weighted by Crippen LogP contribution is 2.19. The Morgan fingerprint density at radius 1 is 1.53 bits per heavy atom. The highest BCUT2D eigenvalue weighted by molar-refractivity contribution is 7.10. The van der Waals surface area contributed by atoms with Crippen molar-refractivity contribution in [2.45, 2.75) is 6.61 Å². The summed E-state index contributed by atoms with van der Waals surface area (Å²) in [6.45, 7) is 0.125. The Morgan fingerprint density at radius 3 is 3.00 bits per heavy atom. The standard InChI is InChI=1S/C9H6ClN3O3S/c10-8-7(12-13-17-8)4-16-6-1-5(9(14)15)2-11-3-6/h1-3H,4H2,(H,14,15). The quantitative estimate of drug-likeness (QED) is 0.914. The van der Waals surface area contributed by atoms with Gasteiger partial charge >= 0.3 is 5.97 Å². The molecule has 0 fully saturated rings. The zero-order valence-electron chi connectivity index (χ0n) is 8.33. The predicted octanol–water partition coefficient (Wildman–Crippen LogP) is 1.86. The maximum Gasteiger partial charge on any atom is 0.337 e. The minimum absolute atomic E-state index is 0.0602. The molecule has 0 unspecified atom stereocenters. The summed E-state index contributed by atoms with van der Waals surface area (Å²) in [7, 11) is 0. The van der Waals surface area contributed by atoms with Crippen LogP contribution < -0.4 is 4.74 Å². The Bertz CT molecular complexity index is 546. The number of nitrogens with zero attached hydrogens (tertiary/aromatic N) is 3. The van der Waals surface area contributed by atoms with E-state index in [1.54, 1.807) is 0 Å². The average Bonchev–Trinajstić information content (AvgIpc) is 2.72. The number of hydrogen-bond acceptors (Lipinski definition) is 6. The molecule has 0 bridgehead atoms. The number of carboxylic acid groups (broad SMARTS) is 1. The van der Waals surface area contributed by atoms with Crippen LogP contribution in [0.2, 0.25) is 4.34 Å². The van der Waals surface area contributed by atoms with Crippen molar-refractivity contribution < 1.29 is 14.6 Å². The van der Waals surface area contributed by atoms with Gasteiger partial charge < -0.3 is 9.84 Å². The van der Waals surface area contributed by atoms with E-state index in [1.165, 1.54) is 18.5 Å². The van der Waals surface area contributed by atoms with Gasteiger partial charge in [-0.1, -0.05) is 16.1 Å². The molecule has 2 rings (SSSR count). The van der Waals surface area contributed by atoms with Crippen LogP contribution in [0.25, 0.3) is 0 Å². The van der Waals surface area contributed by atoms with Crippen LogP contribution in [-0.2, 0) is 6.61 Å². The summed E-state index contributed by atoms with van der Waals surface area (Å²) >= 11 is 6.85. The Balaban J connectivity index is 2.07. The Morgan fingerprint density at radius 2 is 2.35 bits per heavy atom. The molecule has 0 aliphatic rings. The summed E-state index contributed by atoms with van der Waals surface area (Å²) in [4.78, 5) is 14.5. The van der Waals surface area contributed by atoms with Gasteiger partial charge in [0.1, 0.15) is 22.4 Å². The van der Waals surface area contributed by atoms with E-state index in [4.69, 9.17) is 21.4 Å². The molecule has 0 aliphatic heterocycles. The van der Waals surface area contributed by atoms with Crippen LogP contribution in [0, 0.1) is 0 Å². The van der Waals surface area contributed by atoms with Gasteiger partial charge in [-0.05, 0) is 6.07 Å². The normalized spacial score (nSPS) is 10.2. The lowest BCUT2D eigenvalue weighted by Gasteiger charge is -2.04. The fourth-order valence-corrected chi connectivity index (χ4v) is 1.65. The molecular weight excluding hydrogens is 266 g/mol. The summed E-state index contributed by atoms with van der Waals surface area (Å²) in [5, 5.41) is 12.5. The lowest BCUT2D eigenvalue weighted by atomic mass is 10.3. The molecular formula is C9H6ClN3O3S. The van der Waals surface area contributed by atoms with Crippen molar-refractivity contribution in [3.8, 4) is 5.75 Å². The lowest BCUT2D eigenvalue weighted by Crippen LogP contribution is -2.00. The van der Waals surface area contributed by atoms with Crippen LogP contribution in [0.15, 0.2) is 18.5 Å². The Kier molecular flexibility index (Phi) is 3.50. The summed E-state index contributed by atoms with van der Waals surface area (Å²) in [6.07, 6.45) is 2.66. The van der Waals surface area contributed by atoms with Gasteiger partial charge in [-0.3, -0.25) is 4.98 Å². The van der Waals surface area contributed by atoms with E-state index in [1.807, 2.05) is 0 Å². The number of pyridine rings is 1. The third kappa shape index (κ3) is 2.89. The second-order valence-corrected chi connectivity index (χ2v) is 4.35. The molecule has 8 heteroatoms. The number of aromatic nitrogens is 3. The SMILES string of the molecule is O=C(O)c1cncc(OCc2nnsc2Cl)c1. The number of halogens is 1. The first-order chi connectivity index (χ1) is 8.16. The molecule has 2 aromatic heterocycles. The van der Waals surface area contributed by atoms with E-state index in [9.17, 15) is 4.79 Å². The smallest absolute Gasteiger partial charge is 0.337 e. The molecule has 2 aromatic rings. The van der Waals surface area contributed by atoms with Crippen LogP contribution in [0.4, 0.5) is 0 Å². The predicted molar refractivity (Wildman–Crippen MR) is 60.4 cm³/mol. The van der Waals surface area contributed by atoms with E-state index in [0.717, 1.165) is 11.5 Å². The van der Waals surface area contributed by atoms with Crippen molar-refractivity contribution in [1.82, 2.24) is 14.6 Å². The van der Waals surface area contributed by atoms with Crippen molar-refractivity contribution in [2.75, 3.05) is 0 Å². The van der Waals surface area contributed by atoms with Gasteiger partial charge in [0, 0.05) is 17.7 Å². The second-order valence-electron chi connectivity index (χ2n) is 3.00. The van der Waals surface area contributed by atoms with Gasteiger partial charge in [0.15, 0.2) is 0 Å². The van der Waals surface area contributed by atoms with E-state index in [-0.39, 0.29) is 12.2 Å². The van der Waals surface area contributed by atoms with E-state index >= 15 is 0 Å². The number of hydrogen-bond donors (Lipinski definition) is 1. The van der Waals surface area contributed by atoms with Gasteiger partial charge in [-0.15, -0.1) is 5.10 Å². The van der Waals surface area contributed by atoms with Crippen LogP contribution in [-0.4, -0.2) is 25.6 Å². The average molecular weight is 272 g/mol. The molecule has 88 valence electrons. The largest absolute Gasteiger partial charge is 0.485 e. The number of rotatable bonds is 4. The minimum atomic E-state index is -1.06. The fraction of sp³-hybridized carbons (Fsp3) is 0.111. The molecule has 0 aliphatic carbocycles. The first-order valence-corrected chi connectivity index (χ1v) is 5.60. The van der Waals surface area contributed by atoms with Gasteiger partial charge in [0.25, 0.3) is 0 Å². The van der Waals surface area contributed by atoms with Crippen molar-refractivity contribution in [3.05, 3.63) is 34.1 Å². The molecule has 0 saturated carbocycles. The van der Waals surface area contributed by atoms with Crippen molar-refractivity contribution >= 4 is 29.1 Å². The summed E-state index contributed by atoms with van der Waals surface area (Å²) in [6, 6.07) is 1.38. The third-order valence-corrected chi connectivity index (χ3v) is 2.83. The molecule has 1 N–H and O–H groups in total. The first-order valence-electron chi connectivity index (χ1n) is 4.44. The molecule has 0 spiro atoms. The summed E-state index contributed by atoms with van der Waals surface area (Å²) < 4.78 is 9.42. The van der Waals surface area contributed by atoms with Crippen molar-refractivity contribution in [2.24, 2.45) is 0 Å².